The summed E-state index contributed by atoms with van der Waals surface area (Å²) in [5, 5.41) is 14.2. The first-order valence-corrected chi connectivity index (χ1v) is 28.6. The molecular formula is C56H110N4O6. The van der Waals surface area contributed by atoms with Crippen LogP contribution in [0.3, 0.4) is 0 Å². The third kappa shape index (κ3) is 39.1. The number of esters is 2. The van der Waals surface area contributed by atoms with E-state index in [2.05, 4.69) is 54.9 Å². The van der Waals surface area contributed by atoms with Crippen LogP contribution in [0.5, 0.6) is 0 Å². The van der Waals surface area contributed by atoms with Crippen LogP contribution in [-0.2, 0) is 23.9 Å². The van der Waals surface area contributed by atoms with Crippen molar-refractivity contribution in [1.82, 2.24) is 20.0 Å². The summed E-state index contributed by atoms with van der Waals surface area (Å²) in [5.74, 6) is 0.0420. The molecule has 2 unspecified atom stereocenters. The van der Waals surface area contributed by atoms with Crippen LogP contribution in [0.4, 0.5) is 0 Å². The molecule has 0 aromatic rings. The molecule has 0 aromatic heterocycles. The Balaban J connectivity index is 2.44. The van der Waals surface area contributed by atoms with Crippen molar-refractivity contribution in [3.63, 3.8) is 0 Å². The molecule has 0 aromatic carbocycles. The van der Waals surface area contributed by atoms with Crippen LogP contribution in [-0.4, -0.2) is 122 Å². The first-order chi connectivity index (χ1) is 32.2. The fraction of sp³-hybridized carbons (Fsp3) is 0.946. The quantitative estimate of drug-likeness (QED) is 0.0455. The number of hydrogen-bond acceptors (Lipinski definition) is 9. The molecule has 66 heavy (non-hydrogen) atoms. The highest BCUT2D eigenvalue weighted by Crippen LogP contribution is 2.19. The van der Waals surface area contributed by atoms with Gasteiger partial charge in [0.2, 0.25) is 5.91 Å². The summed E-state index contributed by atoms with van der Waals surface area (Å²) in [6.45, 7) is 13.4. The monoisotopic (exact) mass is 935 g/mol. The summed E-state index contributed by atoms with van der Waals surface area (Å²) in [7, 11) is 4.23. The van der Waals surface area contributed by atoms with Gasteiger partial charge in [-0.1, -0.05) is 162 Å². The standard InChI is InChI=1S/C56H110N4O6/c1-6-9-12-15-18-19-20-26-36-47-65-55(63)40-31-27-35-44-60(50-52(61)37-32-33-42-57-54(62)48-51-49-58(4)45-46-59(51)5)43-34-25-21-24-30-41-56(64)66-53(38-28-22-16-13-10-7-2)39-29-23-17-14-11-8-3/h51-53,61H,6-50H2,1-5H3,(H,57,62). The van der Waals surface area contributed by atoms with Gasteiger partial charge in [-0.05, 0) is 104 Å². The molecule has 1 fully saturated rings. The fourth-order valence-electron chi connectivity index (χ4n) is 9.42. The average Bonchev–Trinajstić information content (AvgIpc) is 3.29. The summed E-state index contributed by atoms with van der Waals surface area (Å²) in [5.41, 5.74) is 0. The molecule has 1 aliphatic heterocycles. The maximum atomic E-state index is 12.9. The van der Waals surface area contributed by atoms with E-state index < -0.39 is 6.10 Å². The molecule has 1 aliphatic rings. The van der Waals surface area contributed by atoms with E-state index in [1.54, 1.807) is 0 Å². The second-order valence-corrected chi connectivity index (χ2v) is 20.5. The number of hydrogen-bond donors (Lipinski definition) is 2. The lowest BCUT2D eigenvalue weighted by atomic mass is 10.0. The van der Waals surface area contributed by atoms with Gasteiger partial charge in [-0.25, -0.2) is 0 Å². The zero-order valence-electron chi connectivity index (χ0n) is 44.4. The van der Waals surface area contributed by atoms with Gasteiger partial charge in [0.15, 0.2) is 0 Å². The summed E-state index contributed by atoms with van der Waals surface area (Å²) in [6, 6.07) is 0.264. The van der Waals surface area contributed by atoms with Crippen molar-refractivity contribution in [2.24, 2.45) is 0 Å². The number of likely N-dealkylation sites (N-methyl/N-ethyl adjacent to an activating group) is 2. The molecule has 1 heterocycles. The summed E-state index contributed by atoms with van der Waals surface area (Å²) in [4.78, 5) is 44.9. The van der Waals surface area contributed by atoms with E-state index >= 15 is 0 Å². The molecule has 2 atom stereocenters. The predicted molar refractivity (Wildman–Crippen MR) is 278 cm³/mol. The topological polar surface area (TPSA) is 112 Å². The molecule has 1 rings (SSSR count). The van der Waals surface area contributed by atoms with Crippen molar-refractivity contribution in [3.05, 3.63) is 0 Å². The minimum Gasteiger partial charge on any atom is -0.466 e. The van der Waals surface area contributed by atoms with Gasteiger partial charge >= 0.3 is 11.9 Å². The lowest BCUT2D eigenvalue weighted by molar-refractivity contribution is -0.150. The van der Waals surface area contributed by atoms with E-state index in [4.69, 9.17) is 9.47 Å². The third-order valence-corrected chi connectivity index (χ3v) is 13.9. The van der Waals surface area contributed by atoms with Gasteiger partial charge in [0.1, 0.15) is 6.10 Å². The molecule has 1 saturated heterocycles. The Morgan fingerprint density at radius 2 is 1.05 bits per heavy atom. The molecule has 390 valence electrons. The van der Waals surface area contributed by atoms with E-state index in [0.717, 1.165) is 142 Å². The zero-order valence-corrected chi connectivity index (χ0v) is 44.4. The molecular weight excluding hydrogens is 825 g/mol. The number of aliphatic hydroxyl groups is 1. The number of rotatable bonds is 48. The molecule has 1 amide bonds. The largest absolute Gasteiger partial charge is 0.466 e. The molecule has 10 nitrogen and oxygen atoms in total. The Kier molecular flexibility index (Phi) is 43.1. The van der Waals surface area contributed by atoms with Crippen molar-refractivity contribution in [2.45, 2.75) is 277 Å². The second kappa shape index (κ2) is 45.7. The Morgan fingerprint density at radius 1 is 0.576 bits per heavy atom. The van der Waals surface area contributed by atoms with Crippen LogP contribution in [0, 0.1) is 0 Å². The Hall–Kier alpha value is -1.75. The van der Waals surface area contributed by atoms with Crippen LogP contribution in [0.1, 0.15) is 258 Å². The molecule has 0 saturated carbocycles. The molecule has 0 bridgehead atoms. The molecule has 0 spiro atoms. The number of carbonyl (C=O) groups excluding carboxylic acids is 3. The number of ether oxygens (including phenoxy) is 2. The Labute approximate surface area is 408 Å². The fourth-order valence-corrected chi connectivity index (χ4v) is 9.42. The SMILES string of the molecule is CCCCCCCCCCCOC(=O)CCCCCN(CCCCCCCC(=O)OC(CCCCCCCC)CCCCCCCC)CC(O)CCCCNC(=O)CC1CN(C)CCN1C. The molecule has 2 N–H and O–H groups in total. The van der Waals surface area contributed by atoms with Gasteiger partial charge < -0.3 is 34.6 Å². The van der Waals surface area contributed by atoms with Gasteiger partial charge in [0.25, 0.3) is 0 Å². The zero-order chi connectivity index (χ0) is 48.1. The van der Waals surface area contributed by atoms with Crippen molar-refractivity contribution in [2.75, 3.05) is 66.5 Å². The number of amides is 1. The van der Waals surface area contributed by atoms with Gasteiger partial charge in [-0.2, -0.15) is 0 Å². The van der Waals surface area contributed by atoms with Crippen molar-refractivity contribution >= 4 is 17.8 Å². The highest BCUT2D eigenvalue weighted by Gasteiger charge is 2.24. The van der Waals surface area contributed by atoms with E-state index in [0.29, 0.717) is 39.0 Å². The highest BCUT2D eigenvalue weighted by atomic mass is 16.5. The molecule has 10 heteroatoms. The number of piperazine rings is 1. The lowest BCUT2D eigenvalue weighted by Crippen LogP contribution is -2.51. The van der Waals surface area contributed by atoms with E-state index in [1.165, 1.54) is 109 Å². The number of nitrogens with one attached hydrogen (secondary N) is 1. The van der Waals surface area contributed by atoms with Gasteiger partial charge in [0.05, 0.1) is 12.7 Å². The second-order valence-electron chi connectivity index (χ2n) is 20.5. The maximum Gasteiger partial charge on any atom is 0.306 e. The average molecular weight is 936 g/mol. The van der Waals surface area contributed by atoms with Crippen molar-refractivity contribution in [3.8, 4) is 0 Å². The van der Waals surface area contributed by atoms with E-state index in [9.17, 15) is 19.5 Å². The lowest BCUT2D eigenvalue weighted by Gasteiger charge is -2.37. The molecule has 0 aliphatic carbocycles. The van der Waals surface area contributed by atoms with Crippen molar-refractivity contribution < 1.29 is 29.0 Å². The predicted octanol–water partition coefficient (Wildman–Crippen LogP) is 13.0. The Bertz CT molecular complexity index is 1100. The number of nitrogens with zero attached hydrogens (tertiary/aromatic N) is 3. The summed E-state index contributed by atoms with van der Waals surface area (Å²) < 4.78 is 11.6. The van der Waals surface area contributed by atoms with Crippen LogP contribution < -0.4 is 5.32 Å². The van der Waals surface area contributed by atoms with E-state index in [1.807, 2.05) is 0 Å². The summed E-state index contributed by atoms with van der Waals surface area (Å²) >= 11 is 0. The van der Waals surface area contributed by atoms with Gasteiger partial charge in [0, 0.05) is 58.0 Å². The minimum atomic E-state index is -0.403. The Morgan fingerprint density at radius 3 is 1.62 bits per heavy atom. The van der Waals surface area contributed by atoms with Crippen LogP contribution in [0.15, 0.2) is 0 Å². The smallest absolute Gasteiger partial charge is 0.306 e. The van der Waals surface area contributed by atoms with Crippen LogP contribution in [0.25, 0.3) is 0 Å². The third-order valence-electron chi connectivity index (χ3n) is 13.9. The number of carbonyl (C=O) groups is 3. The van der Waals surface area contributed by atoms with Crippen LogP contribution in [0.2, 0.25) is 0 Å². The van der Waals surface area contributed by atoms with E-state index in [-0.39, 0.29) is 30.0 Å². The first kappa shape index (κ1) is 62.3. The first-order valence-electron chi connectivity index (χ1n) is 28.6. The summed E-state index contributed by atoms with van der Waals surface area (Å²) in [6.07, 6.45) is 40.2. The maximum absolute atomic E-state index is 12.9. The van der Waals surface area contributed by atoms with Crippen molar-refractivity contribution in [1.29, 1.82) is 0 Å². The van der Waals surface area contributed by atoms with Gasteiger partial charge in [-0.15, -0.1) is 0 Å². The van der Waals surface area contributed by atoms with Crippen LogP contribution >= 0.6 is 0 Å². The number of aliphatic hydroxyl groups excluding tert-OH is 1. The molecule has 0 radical (unpaired) electrons. The minimum absolute atomic E-state index is 0.00751. The van der Waals surface area contributed by atoms with Gasteiger partial charge in [-0.3, -0.25) is 14.4 Å². The highest BCUT2D eigenvalue weighted by molar-refractivity contribution is 5.76. The number of unbranched alkanes of at least 4 members (excludes halogenated alkanes) is 25. The normalized spacial score (nSPS) is 15.2.